The lowest BCUT2D eigenvalue weighted by atomic mass is 10.3. The summed E-state index contributed by atoms with van der Waals surface area (Å²) in [7, 11) is 0. The zero-order valence-electron chi connectivity index (χ0n) is 9.08. The highest BCUT2D eigenvalue weighted by Gasteiger charge is 2.10. The van der Waals surface area contributed by atoms with Gasteiger partial charge in [-0.1, -0.05) is 0 Å². The molecule has 0 bridgehead atoms. The molecule has 6 nitrogen and oxygen atoms in total. The second-order valence-electron chi connectivity index (χ2n) is 3.53. The molecule has 3 rings (SSSR count). The van der Waals surface area contributed by atoms with Gasteiger partial charge in [-0.05, 0) is 23.9 Å². The number of hydrogen-bond donors (Lipinski definition) is 2. The van der Waals surface area contributed by atoms with Crippen LogP contribution in [-0.4, -0.2) is 15.0 Å². The third-order valence-corrected chi connectivity index (χ3v) is 3.09. The van der Waals surface area contributed by atoms with Crippen LogP contribution in [0, 0.1) is 0 Å². The first-order valence-corrected chi connectivity index (χ1v) is 5.91. The van der Waals surface area contributed by atoms with Crippen LogP contribution in [0.25, 0.3) is 11.1 Å². The summed E-state index contributed by atoms with van der Waals surface area (Å²) in [5.74, 6) is 0. The van der Waals surface area contributed by atoms with Crippen molar-refractivity contribution in [2.75, 3.05) is 5.73 Å². The van der Waals surface area contributed by atoms with Crippen molar-refractivity contribution in [2.45, 2.75) is 10.2 Å². The third kappa shape index (κ3) is 1.95. The van der Waals surface area contributed by atoms with Crippen LogP contribution in [0.2, 0.25) is 0 Å². The zero-order chi connectivity index (χ0) is 12.5. The average Bonchev–Trinajstić information content (AvgIpc) is 2.73. The zero-order valence-corrected chi connectivity index (χ0v) is 9.90. The van der Waals surface area contributed by atoms with E-state index in [-0.39, 0.29) is 10.6 Å². The van der Waals surface area contributed by atoms with E-state index in [1.807, 2.05) is 0 Å². The van der Waals surface area contributed by atoms with Crippen LogP contribution < -0.4 is 11.3 Å². The molecule has 0 amide bonds. The highest BCUT2D eigenvalue weighted by molar-refractivity contribution is 7.99. The average molecular weight is 260 g/mol. The summed E-state index contributed by atoms with van der Waals surface area (Å²) in [6.45, 7) is 0. The summed E-state index contributed by atoms with van der Waals surface area (Å²) in [5.41, 5.74) is 7.26. The quantitative estimate of drug-likeness (QED) is 0.680. The molecule has 0 saturated heterocycles. The molecule has 2 heterocycles. The van der Waals surface area contributed by atoms with Crippen LogP contribution in [-0.2, 0) is 0 Å². The summed E-state index contributed by atoms with van der Waals surface area (Å²) >= 11 is 1.07. The number of nitrogens with zero attached hydrogens (tertiary/aromatic N) is 2. The Bertz CT molecular complexity index is 765. The van der Waals surface area contributed by atoms with E-state index in [4.69, 9.17) is 10.2 Å². The van der Waals surface area contributed by atoms with E-state index < -0.39 is 0 Å². The second-order valence-corrected chi connectivity index (χ2v) is 4.47. The maximum Gasteiger partial charge on any atom is 0.280 e. The van der Waals surface area contributed by atoms with Gasteiger partial charge < -0.3 is 15.1 Å². The molecule has 7 heteroatoms. The lowest BCUT2D eigenvalue weighted by molar-refractivity contribution is 0.489. The summed E-state index contributed by atoms with van der Waals surface area (Å²) in [6, 6.07) is 5.20. The first kappa shape index (κ1) is 10.8. The van der Waals surface area contributed by atoms with Crippen LogP contribution in [0.1, 0.15) is 0 Å². The van der Waals surface area contributed by atoms with E-state index in [0.29, 0.717) is 22.0 Å². The van der Waals surface area contributed by atoms with E-state index in [1.165, 1.54) is 12.4 Å². The number of aromatic amines is 1. The molecule has 0 spiro atoms. The Morgan fingerprint density at radius 2 is 2.28 bits per heavy atom. The number of nitrogens with two attached hydrogens (primary N) is 1. The van der Waals surface area contributed by atoms with Gasteiger partial charge in [-0.25, -0.2) is 9.97 Å². The first-order valence-electron chi connectivity index (χ1n) is 5.10. The molecule has 3 aromatic rings. The van der Waals surface area contributed by atoms with Crippen molar-refractivity contribution in [3.63, 3.8) is 0 Å². The Kier molecular flexibility index (Phi) is 2.52. The van der Waals surface area contributed by atoms with Gasteiger partial charge >= 0.3 is 0 Å². The number of nitrogens with one attached hydrogen (secondary N) is 1. The molecule has 0 saturated carbocycles. The second kappa shape index (κ2) is 4.19. The van der Waals surface area contributed by atoms with Crippen LogP contribution >= 0.6 is 11.8 Å². The predicted molar refractivity (Wildman–Crippen MR) is 67.4 cm³/mol. The first-order chi connectivity index (χ1) is 8.72. The van der Waals surface area contributed by atoms with Gasteiger partial charge in [0.25, 0.3) is 10.8 Å². The van der Waals surface area contributed by atoms with Crippen LogP contribution in [0.4, 0.5) is 5.69 Å². The van der Waals surface area contributed by atoms with Crippen LogP contribution in [0.15, 0.2) is 50.1 Å². The van der Waals surface area contributed by atoms with E-state index in [0.717, 1.165) is 11.8 Å². The van der Waals surface area contributed by atoms with Gasteiger partial charge in [0.05, 0.1) is 0 Å². The normalized spacial score (nSPS) is 10.9. The molecule has 0 aliphatic carbocycles. The number of H-pyrrole nitrogens is 1. The number of benzene rings is 1. The maximum atomic E-state index is 11.5. The summed E-state index contributed by atoms with van der Waals surface area (Å²) in [6.07, 6.45) is 2.98. The Balaban J connectivity index is 2.01. The van der Waals surface area contributed by atoms with Crippen molar-refractivity contribution < 1.29 is 4.42 Å². The number of aromatic nitrogens is 3. The monoisotopic (exact) mass is 260 g/mol. The lowest BCUT2D eigenvalue weighted by Gasteiger charge is -1.92. The maximum absolute atomic E-state index is 11.5. The molecule has 0 fully saturated rings. The molecular formula is C11H8N4O2S. The molecule has 0 atom stereocenters. The summed E-state index contributed by atoms with van der Waals surface area (Å²) in [4.78, 5) is 22.2. The fourth-order valence-electron chi connectivity index (χ4n) is 1.46. The lowest BCUT2D eigenvalue weighted by Crippen LogP contribution is -2.08. The van der Waals surface area contributed by atoms with Crippen LogP contribution in [0.5, 0.6) is 0 Å². The molecule has 18 heavy (non-hydrogen) atoms. The molecular weight excluding hydrogens is 252 g/mol. The Hall–Kier alpha value is -2.28. The van der Waals surface area contributed by atoms with Crippen molar-refractivity contribution in [3.05, 3.63) is 40.9 Å². The van der Waals surface area contributed by atoms with Gasteiger partial charge in [0.2, 0.25) is 0 Å². The highest BCUT2D eigenvalue weighted by Crippen LogP contribution is 2.27. The predicted octanol–water partition coefficient (Wildman–Crippen LogP) is 1.64. The highest BCUT2D eigenvalue weighted by atomic mass is 32.2. The standard InChI is InChI=1S/C11H8N4O2S/c12-6-1-2-7-8(5-6)17-11(15-7)18-10-9(16)13-3-4-14-10/h1-5H,12H2,(H,13,16). The third-order valence-electron chi connectivity index (χ3n) is 2.25. The van der Waals surface area contributed by atoms with E-state index in [9.17, 15) is 4.79 Å². The molecule has 1 aromatic carbocycles. The minimum absolute atomic E-state index is 0.274. The summed E-state index contributed by atoms with van der Waals surface area (Å²) < 4.78 is 5.49. The molecule has 2 aromatic heterocycles. The Morgan fingerprint density at radius 1 is 1.39 bits per heavy atom. The number of fused-ring (bicyclic) bond motifs is 1. The molecule has 0 aliphatic rings. The number of nitrogen functional groups attached to an aromatic ring is 1. The van der Waals surface area contributed by atoms with Gasteiger partial charge in [0.15, 0.2) is 10.6 Å². The fraction of sp³-hybridized carbons (Fsp3) is 0. The van der Waals surface area contributed by atoms with Crippen molar-refractivity contribution in [1.29, 1.82) is 0 Å². The summed E-state index contributed by atoms with van der Waals surface area (Å²) in [5, 5.41) is 0.650. The Labute approximate surface area is 105 Å². The van der Waals surface area contributed by atoms with Crippen molar-refractivity contribution in [2.24, 2.45) is 0 Å². The van der Waals surface area contributed by atoms with E-state index in [2.05, 4.69) is 15.0 Å². The fourth-order valence-corrected chi connectivity index (χ4v) is 2.16. The topological polar surface area (TPSA) is 97.8 Å². The van der Waals surface area contributed by atoms with Crippen molar-refractivity contribution in [1.82, 2.24) is 15.0 Å². The van der Waals surface area contributed by atoms with Gasteiger partial charge in [-0.3, -0.25) is 4.79 Å². The molecule has 0 aliphatic heterocycles. The van der Waals surface area contributed by atoms with Crippen LogP contribution in [0.3, 0.4) is 0 Å². The largest absolute Gasteiger partial charge is 0.431 e. The number of anilines is 1. The van der Waals surface area contributed by atoms with Gasteiger partial charge in [0.1, 0.15) is 5.52 Å². The molecule has 90 valence electrons. The minimum Gasteiger partial charge on any atom is -0.431 e. The minimum atomic E-state index is -0.274. The number of rotatable bonds is 2. The SMILES string of the molecule is Nc1ccc2nc(Sc3ncc[nH]c3=O)oc2c1. The van der Waals surface area contributed by atoms with E-state index >= 15 is 0 Å². The number of hydrogen-bond acceptors (Lipinski definition) is 6. The van der Waals surface area contributed by atoms with Crippen molar-refractivity contribution in [3.8, 4) is 0 Å². The Morgan fingerprint density at radius 3 is 3.11 bits per heavy atom. The molecule has 3 N–H and O–H groups in total. The van der Waals surface area contributed by atoms with Gasteiger partial charge in [-0.15, -0.1) is 0 Å². The van der Waals surface area contributed by atoms with Gasteiger partial charge in [0, 0.05) is 24.1 Å². The smallest absolute Gasteiger partial charge is 0.280 e. The molecule has 0 unspecified atom stereocenters. The van der Waals surface area contributed by atoms with Crippen molar-refractivity contribution >= 4 is 28.5 Å². The van der Waals surface area contributed by atoms with E-state index in [1.54, 1.807) is 18.2 Å². The molecule has 0 radical (unpaired) electrons. The van der Waals surface area contributed by atoms with Gasteiger partial charge in [-0.2, -0.15) is 0 Å². The number of oxazole rings is 1.